The molecule has 122 valence electrons. The van der Waals surface area contributed by atoms with Crippen molar-refractivity contribution in [3.63, 3.8) is 0 Å². The zero-order valence-electron chi connectivity index (χ0n) is 13.0. The second-order valence-electron chi connectivity index (χ2n) is 5.39. The predicted octanol–water partition coefficient (Wildman–Crippen LogP) is 1.91. The SMILES string of the molecule is O=C(COCc1ccccc1)NCCCOCC1CCCO1. The average molecular weight is 307 g/mol. The third-order valence-corrected chi connectivity index (χ3v) is 3.46. The summed E-state index contributed by atoms with van der Waals surface area (Å²) in [5.41, 5.74) is 1.07. The van der Waals surface area contributed by atoms with E-state index in [1.54, 1.807) is 0 Å². The van der Waals surface area contributed by atoms with Gasteiger partial charge in [0.25, 0.3) is 0 Å². The van der Waals surface area contributed by atoms with E-state index in [0.717, 1.165) is 31.4 Å². The molecular formula is C17H25NO4. The minimum Gasteiger partial charge on any atom is -0.379 e. The van der Waals surface area contributed by atoms with Crippen LogP contribution in [-0.2, 0) is 25.6 Å². The molecule has 1 aromatic rings. The van der Waals surface area contributed by atoms with Crippen molar-refractivity contribution in [3.05, 3.63) is 35.9 Å². The molecule has 0 saturated carbocycles. The van der Waals surface area contributed by atoms with Crippen LogP contribution in [0.4, 0.5) is 0 Å². The van der Waals surface area contributed by atoms with E-state index in [-0.39, 0.29) is 18.6 Å². The van der Waals surface area contributed by atoms with E-state index in [0.29, 0.717) is 26.4 Å². The maximum absolute atomic E-state index is 11.6. The molecule has 0 aliphatic carbocycles. The van der Waals surface area contributed by atoms with Crippen molar-refractivity contribution in [1.82, 2.24) is 5.32 Å². The molecule has 5 heteroatoms. The highest BCUT2D eigenvalue weighted by Crippen LogP contribution is 2.11. The molecule has 1 aliphatic heterocycles. The van der Waals surface area contributed by atoms with Crippen molar-refractivity contribution < 1.29 is 19.0 Å². The van der Waals surface area contributed by atoms with Crippen LogP contribution >= 0.6 is 0 Å². The van der Waals surface area contributed by atoms with Gasteiger partial charge in [-0.2, -0.15) is 0 Å². The Bertz CT molecular complexity index is 418. The van der Waals surface area contributed by atoms with Gasteiger partial charge in [0.2, 0.25) is 5.91 Å². The second kappa shape index (κ2) is 10.3. The first-order chi connectivity index (χ1) is 10.8. The van der Waals surface area contributed by atoms with E-state index < -0.39 is 0 Å². The van der Waals surface area contributed by atoms with Crippen LogP contribution in [0.15, 0.2) is 30.3 Å². The van der Waals surface area contributed by atoms with E-state index in [4.69, 9.17) is 14.2 Å². The number of benzene rings is 1. The van der Waals surface area contributed by atoms with E-state index in [2.05, 4.69) is 5.32 Å². The fraction of sp³-hybridized carbons (Fsp3) is 0.588. The highest BCUT2D eigenvalue weighted by atomic mass is 16.5. The summed E-state index contributed by atoms with van der Waals surface area (Å²) in [5, 5.41) is 2.82. The summed E-state index contributed by atoms with van der Waals surface area (Å²) >= 11 is 0. The third-order valence-electron chi connectivity index (χ3n) is 3.46. The molecule has 1 amide bonds. The van der Waals surface area contributed by atoms with Crippen LogP contribution in [-0.4, -0.2) is 45.0 Å². The van der Waals surface area contributed by atoms with E-state index in [1.165, 1.54) is 0 Å². The summed E-state index contributed by atoms with van der Waals surface area (Å²) in [6, 6.07) is 9.81. The molecule has 1 N–H and O–H groups in total. The van der Waals surface area contributed by atoms with E-state index in [1.807, 2.05) is 30.3 Å². The molecule has 1 unspecified atom stereocenters. The van der Waals surface area contributed by atoms with Crippen LogP contribution in [0.1, 0.15) is 24.8 Å². The lowest BCUT2D eigenvalue weighted by Crippen LogP contribution is -2.29. The van der Waals surface area contributed by atoms with Gasteiger partial charge in [-0.15, -0.1) is 0 Å². The lowest BCUT2D eigenvalue weighted by Gasteiger charge is -2.10. The Morgan fingerprint density at radius 3 is 2.91 bits per heavy atom. The van der Waals surface area contributed by atoms with Crippen molar-refractivity contribution in [2.24, 2.45) is 0 Å². The standard InChI is InChI=1S/C17H25NO4/c19-17(14-21-12-15-6-2-1-3-7-15)18-9-5-10-20-13-16-8-4-11-22-16/h1-3,6-7,16H,4-5,8-14H2,(H,18,19). The minimum atomic E-state index is -0.0879. The zero-order valence-corrected chi connectivity index (χ0v) is 13.0. The Hall–Kier alpha value is -1.43. The lowest BCUT2D eigenvalue weighted by molar-refractivity contribution is -0.126. The number of rotatable bonds is 10. The quantitative estimate of drug-likeness (QED) is 0.671. The Morgan fingerprint density at radius 1 is 1.27 bits per heavy atom. The molecule has 22 heavy (non-hydrogen) atoms. The summed E-state index contributed by atoms with van der Waals surface area (Å²) in [6.07, 6.45) is 3.29. The Labute approximate surface area is 131 Å². The summed E-state index contributed by atoms with van der Waals surface area (Å²) in [4.78, 5) is 11.6. The van der Waals surface area contributed by atoms with Crippen molar-refractivity contribution in [2.75, 3.05) is 33.0 Å². The summed E-state index contributed by atoms with van der Waals surface area (Å²) in [5.74, 6) is -0.0879. The highest BCUT2D eigenvalue weighted by molar-refractivity contribution is 5.77. The van der Waals surface area contributed by atoms with Gasteiger partial charge in [0.05, 0.1) is 19.3 Å². The fourth-order valence-electron chi connectivity index (χ4n) is 2.28. The zero-order chi connectivity index (χ0) is 15.5. The van der Waals surface area contributed by atoms with Gasteiger partial charge in [-0.3, -0.25) is 4.79 Å². The molecule has 1 aliphatic rings. The number of carbonyl (C=O) groups is 1. The van der Waals surface area contributed by atoms with Crippen molar-refractivity contribution >= 4 is 5.91 Å². The molecular weight excluding hydrogens is 282 g/mol. The van der Waals surface area contributed by atoms with Gasteiger partial charge in [-0.05, 0) is 24.8 Å². The first kappa shape index (κ1) is 16.9. The third kappa shape index (κ3) is 7.02. The van der Waals surface area contributed by atoms with Gasteiger partial charge in [0.15, 0.2) is 0 Å². The minimum absolute atomic E-state index is 0.0879. The molecule has 0 bridgehead atoms. The molecule has 0 aromatic heterocycles. The van der Waals surface area contributed by atoms with Crippen LogP contribution < -0.4 is 5.32 Å². The molecule has 0 spiro atoms. The van der Waals surface area contributed by atoms with Gasteiger partial charge in [-0.25, -0.2) is 0 Å². The van der Waals surface area contributed by atoms with Crippen LogP contribution in [0.25, 0.3) is 0 Å². The normalized spacial score (nSPS) is 17.5. The van der Waals surface area contributed by atoms with Gasteiger partial charge in [-0.1, -0.05) is 30.3 Å². The van der Waals surface area contributed by atoms with Crippen LogP contribution in [0, 0.1) is 0 Å². The molecule has 1 atom stereocenters. The Balaban J connectivity index is 1.41. The highest BCUT2D eigenvalue weighted by Gasteiger charge is 2.14. The number of amides is 1. The van der Waals surface area contributed by atoms with Crippen LogP contribution in [0.2, 0.25) is 0 Å². The number of carbonyl (C=O) groups excluding carboxylic acids is 1. The molecule has 5 nitrogen and oxygen atoms in total. The van der Waals surface area contributed by atoms with Gasteiger partial charge < -0.3 is 19.5 Å². The number of hydrogen-bond acceptors (Lipinski definition) is 4. The second-order valence-corrected chi connectivity index (χ2v) is 5.39. The first-order valence-electron chi connectivity index (χ1n) is 7.92. The summed E-state index contributed by atoms with van der Waals surface area (Å²) in [6.45, 7) is 3.32. The lowest BCUT2D eigenvalue weighted by atomic mass is 10.2. The predicted molar refractivity (Wildman–Crippen MR) is 83.5 cm³/mol. The van der Waals surface area contributed by atoms with Crippen molar-refractivity contribution in [3.8, 4) is 0 Å². The molecule has 2 rings (SSSR count). The monoisotopic (exact) mass is 307 g/mol. The van der Waals surface area contributed by atoms with Gasteiger partial charge in [0.1, 0.15) is 6.61 Å². The molecule has 1 aromatic carbocycles. The van der Waals surface area contributed by atoms with E-state index in [9.17, 15) is 4.79 Å². The number of hydrogen-bond donors (Lipinski definition) is 1. The van der Waals surface area contributed by atoms with Crippen LogP contribution in [0.5, 0.6) is 0 Å². The smallest absolute Gasteiger partial charge is 0.246 e. The Morgan fingerprint density at radius 2 is 2.14 bits per heavy atom. The van der Waals surface area contributed by atoms with Crippen molar-refractivity contribution in [1.29, 1.82) is 0 Å². The molecule has 1 saturated heterocycles. The molecule has 1 fully saturated rings. The number of nitrogens with one attached hydrogen (secondary N) is 1. The fourth-order valence-corrected chi connectivity index (χ4v) is 2.28. The van der Waals surface area contributed by atoms with Crippen LogP contribution in [0.3, 0.4) is 0 Å². The number of ether oxygens (including phenoxy) is 3. The largest absolute Gasteiger partial charge is 0.379 e. The van der Waals surface area contributed by atoms with Crippen molar-refractivity contribution in [2.45, 2.75) is 32.0 Å². The van der Waals surface area contributed by atoms with Gasteiger partial charge in [0, 0.05) is 19.8 Å². The van der Waals surface area contributed by atoms with Gasteiger partial charge >= 0.3 is 0 Å². The summed E-state index contributed by atoms with van der Waals surface area (Å²) < 4.78 is 16.4. The summed E-state index contributed by atoms with van der Waals surface area (Å²) in [7, 11) is 0. The topological polar surface area (TPSA) is 56.8 Å². The average Bonchev–Trinajstić information content (AvgIpc) is 3.05. The first-order valence-corrected chi connectivity index (χ1v) is 7.92. The molecule has 1 heterocycles. The molecule has 0 radical (unpaired) electrons. The maximum atomic E-state index is 11.6. The Kier molecular flexibility index (Phi) is 7.94. The van der Waals surface area contributed by atoms with E-state index >= 15 is 0 Å². The maximum Gasteiger partial charge on any atom is 0.246 e.